The van der Waals surface area contributed by atoms with Crippen LogP contribution >= 0.6 is 0 Å². The van der Waals surface area contributed by atoms with Crippen molar-refractivity contribution in [2.75, 3.05) is 4.90 Å². The van der Waals surface area contributed by atoms with Crippen LogP contribution in [-0.2, 0) is 5.41 Å². The highest BCUT2D eigenvalue weighted by Crippen LogP contribution is 2.71. The van der Waals surface area contributed by atoms with Crippen molar-refractivity contribution < 1.29 is 0 Å². The SMILES string of the molecule is CC12C=C(C#N)C=CC1c1ccc(C#N)cc1C21c2ccccc2N(c2ccccc2)c2ccccc21. The average Bonchev–Trinajstić information content (AvgIpc) is 3.18. The van der Waals surface area contributed by atoms with Crippen LogP contribution in [0.5, 0.6) is 0 Å². The number of nitrogens with zero attached hydrogens (tertiary/aromatic N) is 3. The minimum atomic E-state index is -0.592. The maximum Gasteiger partial charge on any atom is 0.0991 e. The predicted octanol–water partition coefficient (Wildman–Crippen LogP) is 7.80. The van der Waals surface area contributed by atoms with Gasteiger partial charge in [-0.1, -0.05) is 79.7 Å². The first-order valence-corrected chi connectivity index (χ1v) is 12.5. The van der Waals surface area contributed by atoms with Crippen molar-refractivity contribution in [1.29, 1.82) is 10.5 Å². The quantitative estimate of drug-likeness (QED) is 0.283. The summed E-state index contributed by atoms with van der Waals surface area (Å²) >= 11 is 0. The molecule has 0 bridgehead atoms. The van der Waals surface area contributed by atoms with Gasteiger partial charge in [0.05, 0.1) is 34.5 Å². The summed E-state index contributed by atoms with van der Waals surface area (Å²) in [7, 11) is 0. The second-order valence-corrected chi connectivity index (χ2v) is 10.2. The van der Waals surface area contributed by atoms with Crippen molar-refractivity contribution in [3.8, 4) is 12.1 Å². The summed E-state index contributed by atoms with van der Waals surface area (Å²) in [5.74, 6) is 0.0664. The molecule has 2 atom stereocenters. The summed E-state index contributed by atoms with van der Waals surface area (Å²) < 4.78 is 0. The van der Waals surface area contributed by atoms with E-state index in [1.807, 2.05) is 18.2 Å². The molecule has 0 saturated carbocycles. The molecule has 0 amide bonds. The Morgan fingerprint density at radius 3 is 2.03 bits per heavy atom. The fourth-order valence-electron chi connectivity index (χ4n) is 7.18. The number of rotatable bonds is 1. The zero-order valence-corrected chi connectivity index (χ0v) is 20.4. The zero-order valence-electron chi connectivity index (χ0n) is 20.4. The first kappa shape index (κ1) is 21.4. The molecule has 0 N–H and O–H groups in total. The smallest absolute Gasteiger partial charge is 0.0991 e. The van der Waals surface area contributed by atoms with E-state index in [4.69, 9.17) is 0 Å². The van der Waals surface area contributed by atoms with Crippen LogP contribution in [-0.4, -0.2) is 0 Å². The highest BCUT2D eigenvalue weighted by Gasteiger charge is 2.63. The Hall–Kier alpha value is -4.86. The van der Waals surface area contributed by atoms with E-state index in [2.05, 4.69) is 121 Å². The van der Waals surface area contributed by atoms with Gasteiger partial charge >= 0.3 is 0 Å². The van der Waals surface area contributed by atoms with Crippen LogP contribution in [0.2, 0.25) is 0 Å². The Morgan fingerprint density at radius 2 is 1.38 bits per heavy atom. The average molecular weight is 474 g/mol. The van der Waals surface area contributed by atoms with Crippen LogP contribution in [0.3, 0.4) is 0 Å². The Bertz CT molecular complexity index is 1680. The summed E-state index contributed by atoms with van der Waals surface area (Å²) in [6.45, 7) is 2.29. The number of benzene rings is 4. The van der Waals surface area contributed by atoms with Crippen molar-refractivity contribution in [2.24, 2.45) is 5.41 Å². The van der Waals surface area contributed by atoms with Crippen LogP contribution in [0.4, 0.5) is 17.1 Å². The molecule has 1 heterocycles. The van der Waals surface area contributed by atoms with Gasteiger partial charge in [0.1, 0.15) is 0 Å². The topological polar surface area (TPSA) is 50.8 Å². The normalized spacial score (nSPS) is 21.6. The van der Waals surface area contributed by atoms with E-state index in [9.17, 15) is 10.5 Å². The van der Waals surface area contributed by atoms with Gasteiger partial charge in [-0.2, -0.15) is 10.5 Å². The van der Waals surface area contributed by atoms with Gasteiger partial charge in [-0.15, -0.1) is 0 Å². The van der Waals surface area contributed by atoms with Crippen LogP contribution in [0.15, 0.2) is 121 Å². The Balaban J connectivity index is 1.67. The largest absolute Gasteiger partial charge is 0.310 e. The summed E-state index contributed by atoms with van der Waals surface area (Å²) in [6.07, 6.45) is 6.31. The van der Waals surface area contributed by atoms with E-state index in [-0.39, 0.29) is 5.92 Å². The van der Waals surface area contributed by atoms with Gasteiger partial charge in [-0.25, -0.2) is 0 Å². The van der Waals surface area contributed by atoms with Crippen molar-refractivity contribution in [3.63, 3.8) is 0 Å². The number of allylic oxidation sites excluding steroid dienone is 4. The molecular weight excluding hydrogens is 450 g/mol. The molecule has 1 aliphatic heterocycles. The summed E-state index contributed by atoms with van der Waals surface area (Å²) in [5.41, 5.74) is 8.32. The first-order valence-electron chi connectivity index (χ1n) is 12.5. The molecule has 0 aromatic heterocycles. The lowest BCUT2D eigenvalue weighted by atomic mass is 9.52. The second kappa shape index (κ2) is 7.57. The number of hydrogen-bond acceptors (Lipinski definition) is 3. The zero-order chi connectivity index (χ0) is 25.2. The highest BCUT2D eigenvalue weighted by atomic mass is 15.2. The Morgan fingerprint density at radius 1 is 0.730 bits per heavy atom. The van der Waals surface area contributed by atoms with Gasteiger partial charge in [0.15, 0.2) is 0 Å². The van der Waals surface area contributed by atoms with Gasteiger partial charge < -0.3 is 4.90 Å². The third-order valence-electron chi connectivity index (χ3n) is 8.54. The lowest BCUT2D eigenvalue weighted by Crippen LogP contribution is -2.47. The van der Waals surface area contributed by atoms with E-state index in [1.165, 1.54) is 16.7 Å². The van der Waals surface area contributed by atoms with Crippen molar-refractivity contribution in [2.45, 2.75) is 18.3 Å². The van der Waals surface area contributed by atoms with E-state index in [0.717, 1.165) is 22.6 Å². The molecule has 2 aliphatic carbocycles. The molecule has 1 spiro atoms. The number of fused-ring (bicyclic) bond motifs is 9. The molecule has 3 nitrogen and oxygen atoms in total. The predicted molar refractivity (Wildman–Crippen MR) is 146 cm³/mol. The maximum absolute atomic E-state index is 9.97. The molecule has 174 valence electrons. The van der Waals surface area contributed by atoms with Crippen molar-refractivity contribution in [3.05, 3.63) is 149 Å². The number of anilines is 3. The highest BCUT2D eigenvalue weighted by molar-refractivity contribution is 5.89. The molecular formula is C34H23N3. The number of para-hydroxylation sites is 3. The molecule has 37 heavy (non-hydrogen) atoms. The first-order chi connectivity index (χ1) is 18.1. The Labute approximate surface area is 216 Å². The molecule has 3 aliphatic rings. The monoisotopic (exact) mass is 473 g/mol. The van der Waals surface area contributed by atoms with E-state index < -0.39 is 10.8 Å². The molecule has 3 heteroatoms. The fourth-order valence-corrected chi connectivity index (χ4v) is 7.18. The molecule has 0 radical (unpaired) electrons. The third kappa shape index (κ3) is 2.58. The standard InChI is InChI=1S/C34H23N3/c1-33-20-24(22-36)16-18-27(33)26-17-15-23(21-35)19-30(26)34(33)28-11-5-7-13-31(28)37(25-9-3-2-4-10-25)32-14-8-6-12-29(32)34/h2-20,27H,1H3. The van der Waals surface area contributed by atoms with Crippen LogP contribution in [0, 0.1) is 28.1 Å². The van der Waals surface area contributed by atoms with Gasteiger partial charge in [0.25, 0.3) is 0 Å². The lowest BCUT2D eigenvalue weighted by molar-refractivity contribution is 0.286. The maximum atomic E-state index is 9.97. The van der Waals surface area contributed by atoms with Gasteiger partial charge in [-0.3, -0.25) is 0 Å². The minimum Gasteiger partial charge on any atom is -0.310 e. The van der Waals surface area contributed by atoms with Crippen LogP contribution in [0.1, 0.15) is 40.7 Å². The van der Waals surface area contributed by atoms with E-state index in [0.29, 0.717) is 11.1 Å². The fraction of sp³-hybridized carbons (Fsp3) is 0.118. The molecule has 0 fully saturated rings. The van der Waals surface area contributed by atoms with Gasteiger partial charge in [0, 0.05) is 22.6 Å². The summed E-state index contributed by atoms with van der Waals surface area (Å²) in [6, 6.07) is 38.6. The van der Waals surface area contributed by atoms with E-state index >= 15 is 0 Å². The molecule has 2 unspecified atom stereocenters. The summed E-state index contributed by atoms with van der Waals surface area (Å²) in [5, 5.41) is 19.9. The van der Waals surface area contributed by atoms with Crippen LogP contribution in [0.25, 0.3) is 0 Å². The van der Waals surface area contributed by atoms with Crippen molar-refractivity contribution >= 4 is 17.1 Å². The molecule has 0 saturated heterocycles. The molecule has 4 aromatic rings. The molecule has 4 aromatic carbocycles. The van der Waals surface area contributed by atoms with Crippen LogP contribution < -0.4 is 4.90 Å². The number of hydrogen-bond donors (Lipinski definition) is 0. The lowest BCUT2D eigenvalue weighted by Gasteiger charge is -2.52. The van der Waals surface area contributed by atoms with E-state index in [1.54, 1.807) is 0 Å². The number of nitriles is 2. The Kier molecular flexibility index (Phi) is 4.38. The second-order valence-electron chi connectivity index (χ2n) is 10.2. The molecule has 7 rings (SSSR count). The summed E-state index contributed by atoms with van der Waals surface area (Å²) in [4.78, 5) is 2.34. The van der Waals surface area contributed by atoms with Crippen molar-refractivity contribution in [1.82, 2.24) is 0 Å². The van der Waals surface area contributed by atoms with Gasteiger partial charge in [0.2, 0.25) is 0 Å². The van der Waals surface area contributed by atoms with Gasteiger partial charge in [-0.05, 0) is 64.7 Å². The third-order valence-corrected chi connectivity index (χ3v) is 8.54. The minimum absolute atomic E-state index is 0.0664.